The lowest BCUT2D eigenvalue weighted by Crippen LogP contribution is -2.25. The highest BCUT2D eigenvalue weighted by Gasteiger charge is 2.18. The molecule has 1 aliphatic carbocycles. The van der Waals surface area contributed by atoms with Crippen molar-refractivity contribution in [2.24, 2.45) is 10.9 Å². The van der Waals surface area contributed by atoms with E-state index in [2.05, 4.69) is 18.8 Å². The summed E-state index contributed by atoms with van der Waals surface area (Å²) in [7, 11) is 7.18. The third kappa shape index (κ3) is 7.30. The number of ketones is 1. The minimum Gasteiger partial charge on any atom is -0.378 e. The fourth-order valence-corrected chi connectivity index (χ4v) is 2.76. The number of nitrogens with zero attached hydrogens (tertiary/aromatic N) is 1. The standard InChI is InChI=1S/C10H12BNO.C9H18O/c1-7(5-10(11)12-2)8-3-4-9(13)6-8;1-3-8(2)9-6-4-5-7-10-9/h5-6H,3-4H2,1-2H3;8-9H,3-7H2,1-2H3/b7-5+,12-10?;. The normalized spacial score (nSPS) is 23.9. The Morgan fingerprint density at radius 2 is 2.22 bits per heavy atom. The second-order valence-electron chi connectivity index (χ2n) is 6.40. The number of aliphatic imine (C=N–C) groups is 1. The van der Waals surface area contributed by atoms with Crippen molar-refractivity contribution < 1.29 is 9.53 Å². The van der Waals surface area contributed by atoms with Crippen LogP contribution in [0.25, 0.3) is 0 Å². The zero-order valence-corrected chi connectivity index (χ0v) is 15.1. The maximum absolute atomic E-state index is 10.9. The second-order valence-corrected chi connectivity index (χ2v) is 6.40. The van der Waals surface area contributed by atoms with Crippen molar-refractivity contribution in [1.82, 2.24) is 0 Å². The Labute approximate surface area is 142 Å². The van der Waals surface area contributed by atoms with E-state index in [1.54, 1.807) is 19.2 Å². The first-order valence-electron chi connectivity index (χ1n) is 8.73. The maximum atomic E-state index is 10.9. The Morgan fingerprint density at radius 1 is 1.48 bits per heavy atom. The minimum absolute atomic E-state index is 0.203. The number of carbonyl (C=O) groups is 1. The second kappa shape index (κ2) is 10.6. The van der Waals surface area contributed by atoms with Crippen molar-refractivity contribution >= 4 is 19.2 Å². The van der Waals surface area contributed by atoms with Gasteiger partial charge in [-0.2, -0.15) is 0 Å². The van der Waals surface area contributed by atoms with Crippen LogP contribution in [-0.2, 0) is 9.53 Å². The first-order valence-corrected chi connectivity index (χ1v) is 8.73. The molecule has 0 aromatic heterocycles. The zero-order valence-electron chi connectivity index (χ0n) is 15.1. The molecule has 2 radical (unpaired) electrons. The summed E-state index contributed by atoms with van der Waals surface area (Å²) in [5.74, 6) is 0.968. The molecule has 3 nitrogen and oxygen atoms in total. The van der Waals surface area contributed by atoms with Crippen LogP contribution in [-0.4, -0.2) is 39.0 Å². The van der Waals surface area contributed by atoms with E-state index in [-0.39, 0.29) is 5.78 Å². The molecule has 2 unspecified atom stereocenters. The van der Waals surface area contributed by atoms with E-state index in [0.717, 1.165) is 30.1 Å². The summed E-state index contributed by atoms with van der Waals surface area (Å²) in [6.45, 7) is 7.47. The molecular formula is C19H30BNO2. The van der Waals surface area contributed by atoms with Gasteiger partial charge in [-0.25, -0.2) is 0 Å². The van der Waals surface area contributed by atoms with Crippen molar-refractivity contribution in [3.05, 3.63) is 23.3 Å². The molecule has 1 saturated heterocycles. The SMILES string of the molecule is CCC(C)C1CCCCO1.[B]C(/C=C(\C)C1=CC(=O)CC1)=NC. The Morgan fingerprint density at radius 3 is 2.70 bits per heavy atom. The molecule has 4 heteroatoms. The van der Waals surface area contributed by atoms with Crippen LogP contribution in [0.3, 0.4) is 0 Å². The van der Waals surface area contributed by atoms with Crippen molar-refractivity contribution in [2.45, 2.75) is 65.4 Å². The van der Waals surface area contributed by atoms with Gasteiger partial charge in [-0.05, 0) is 67.4 Å². The first-order chi connectivity index (χ1) is 11.0. The zero-order chi connectivity index (χ0) is 17.2. The van der Waals surface area contributed by atoms with Crippen molar-refractivity contribution in [1.29, 1.82) is 0 Å². The molecule has 23 heavy (non-hydrogen) atoms. The lowest BCUT2D eigenvalue weighted by molar-refractivity contribution is -0.114. The van der Waals surface area contributed by atoms with Gasteiger partial charge < -0.3 is 9.73 Å². The molecule has 126 valence electrons. The average molecular weight is 315 g/mol. The van der Waals surface area contributed by atoms with Gasteiger partial charge in [0.05, 0.1) is 6.10 Å². The number of hydrogen-bond acceptors (Lipinski definition) is 3. The quantitative estimate of drug-likeness (QED) is 0.580. The van der Waals surface area contributed by atoms with Gasteiger partial charge in [0.1, 0.15) is 7.85 Å². The Kier molecular flexibility index (Phi) is 9.16. The molecule has 0 N–H and O–H groups in total. The molecule has 0 bridgehead atoms. The highest BCUT2D eigenvalue weighted by Crippen LogP contribution is 2.22. The number of allylic oxidation sites excluding steroid dienone is 4. The van der Waals surface area contributed by atoms with E-state index >= 15 is 0 Å². The average Bonchev–Trinajstić information content (AvgIpc) is 3.02. The Balaban J connectivity index is 0.000000238. The summed E-state index contributed by atoms with van der Waals surface area (Å²) in [6.07, 6.45) is 10.7. The van der Waals surface area contributed by atoms with Crippen LogP contribution >= 0.6 is 0 Å². The van der Waals surface area contributed by atoms with Crippen LogP contribution < -0.4 is 0 Å². The maximum Gasteiger partial charge on any atom is 0.156 e. The van der Waals surface area contributed by atoms with Crippen LogP contribution in [0.2, 0.25) is 0 Å². The van der Waals surface area contributed by atoms with Crippen molar-refractivity contribution in [2.75, 3.05) is 13.7 Å². The van der Waals surface area contributed by atoms with Gasteiger partial charge in [0, 0.05) is 20.1 Å². The van der Waals surface area contributed by atoms with E-state index in [9.17, 15) is 4.79 Å². The van der Waals surface area contributed by atoms with Gasteiger partial charge >= 0.3 is 0 Å². The first kappa shape index (κ1) is 19.9. The molecule has 1 fully saturated rings. The number of rotatable bonds is 4. The van der Waals surface area contributed by atoms with Crippen LogP contribution in [0.5, 0.6) is 0 Å². The Hall–Kier alpha value is -1.16. The summed E-state index contributed by atoms with van der Waals surface area (Å²) in [6, 6.07) is 0. The molecule has 0 spiro atoms. The summed E-state index contributed by atoms with van der Waals surface area (Å²) in [5, 5.41) is 0. The molecule has 0 aromatic carbocycles. The monoisotopic (exact) mass is 315 g/mol. The molecule has 1 heterocycles. The third-order valence-electron chi connectivity index (χ3n) is 4.60. The van der Waals surface area contributed by atoms with E-state index in [0.29, 0.717) is 18.1 Å². The number of carbonyl (C=O) groups excluding carboxylic acids is 1. The van der Waals surface area contributed by atoms with Crippen molar-refractivity contribution in [3.8, 4) is 0 Å². The molecule has 1 aliphatic heterocycles. The van der Waals surface area contributed by atoms with Crippen LogP contribution in [0.4, 0.5) is 0 Å². The largest absolute Gasteiger partial charge is 0.378 e. The van der Waals surface area contributed by atoms with E-state index in [1.165, 1.54) is 25.7 Å². The van der Waals surface area contributed by atoms with Crippen molar-refractivity contribution in [3.63, 3.8) is 0 Å². The van der Waals surface area contributed by atoms with Gasteiger partial charge in [0.2, 0.25) is 0 Å². The predicted molar refractivity (Wildman–Crippen MR) is 98.2 cm³/mol. The summed E-state index contributed by atoms with van der Waals surface area (Å²) in [4.78, 5) is 14.8. The smallest absolute Gasteiger partial charge is 0.156 e. The van der Waals surface area contributed by atoms with Gasteiger partial charge in [-0.15, -0.1) is 0 Å². The minimum atomic E-state index is 0.203. The van der Waals surface area contributed by atoms with E-state index < -0.39 is 0 Å². The van der Waals surface area contributed by atoms with Gasteiger partial charge in [-0.1, -0.05) is 20.3 Å². The molecular weight excluding hydrogens is 285 g/mol. The van der Waals surface area contributed by atoms with Gasteiger partial charge in [0.25, 0.3) is 0 Å². The fourth-order valence-electron chi connectivity index (χ4n) is 2.76. The predicted octanol–water partition coefficient (Wildman–Crippen LogP) is 4.02. The van der Waals surface area contributed by atoms with Crippen LogP contribution in [0.15, 0.2) is 28.3 Å². The lowest BCUT2D eigenvalue weighted by atomic mass is 9.95. The third-order valence-corrected chi connectivity index (χ3v) is 4.60. The molecule has 0 saturated carbocycles. The molecule has 0 amide bonds. The number of hydrogen-bond donors (Lipinski definition) is 0. The highest BCUT2D eigenvalue weighted by atomic mass is 16.5. The number of ether oxygens (including phenoxy) is 1. The molecule has 0 aromatic rings. The van der Waals surface area contributed by atoms with Crippen LogP contribution in [0.1, 0.15) is 59.3 Å². The van der Waals surface area contributed by atoms with E-state index in [4.69, 9.17) is 12.6 Å². The lowest BCUT2D eigenvalue weighted by Gasteiger charge is -2.27. The van der Waals surface area contributed by atoms with Gasteiger partial charge in [0.15, 0.2) is 5.78 Å². The highest BCUT2D eigenvalue weighted by molar-refractivity contribution is 6.63. The molecule has 2 rings (SSSR count). The molecule has 2 atom stereocenters. The van der Waals surface area contributed by atoms with Crippen LogP contribution in [0, 0.1) is 5.92 Å². The fraction of sp³-hybridized carbons (Fsp3) is 0.684. The summed E-state index contributed by atoms with van der Waals surface area (Å²) < 4.78 is 5.63. The summed E-state index contributed by atoms with van der Waals surface area (Å²) in [5.41, 5.74) is 2.61. The molecule has 2 aliphatic rings. The van der Waals surface area contributed by atoms with Gasteiger partial charge in [-0.3, -0.25) is 4.79 Å². The van der Waals surface area contributed by atoms with E-state index in [1.807, 2.05) is 6.92 Å². The Bertz CT molecular complexity index is 474. The summed E-state index contributed by atoms with van der Waals surface area (Å²) >= 11 is 0. The topological polar surface area (TPSA) is 38.7 Å².